The number of benzene rings is 2. The van der Waals surface area contributed by atoms with Gasteiger partial charge in [0.1, 0.15) is 5.75 Å². The number of aryl methyl sites for hydroxylation is 1. The minimum atomic E-state index is -0.129. The van der Waals surface area contributed by atoms with Crippen LogP contribution in [0.5, 0.6) is 5.75 Å². The molecule has 0 bridgehead atoms. The zero-order chi connectivity index (χ0) is 18.4. The van der Waals surface area contributed by atoms with Crippen LogP contribution in [-0.4, -0.2) is 38.8 Å². The third kappa shape index (κ3) is 4.99. The topological polar surface area (TPSA) is 50.8 Å². The molecule has 1 saturated heterocycles. The lowest BCUT2D eigenvalue weighted by atomic mass is 10.1. The molecule has 1 aliphatic heterocycles. The van der Waals surface area contributed by atoms with Gasteiger partial charge in [-0.15, -0.1) is 0 Å². The molecule has 138 valence electrons. The van der Waals surface area contributed by atoms with E-state index in [9.17, 15) is 4.79 Å². The molecule has 2 aromatic rings. The van der Waals surface area contributed by atoms with Gasteiger partial charge in [-0.05, 0) is 43.7 Å². The molecule has 26 heavy (non-hydrogen) atoms. The Morgan fingerprint density at radius 2 is 1.77 bits per heavy atom. The average molecular weight is 354 g/mol. The Hall–Kier alpha value is -2.53. The third-order valence-corrected chi connectivity index (χ3v) is 4.54. The fourth-order valence-electron chi connectivity index (χ4n) is 2.95. The van der Waals surface area contributed by atoms with Crippen LogP contribution in [0.3, 0.4) is 0 Å². The van der Waals surface area contributed by atoms with Crippen LogP contribution >= 0.6 is 0 Å². The normalized spacial score (nSPS) is 15.4. The molecular formula is C21H26N2O3. The third-order valence-electron chi connectivity index (χ3n) is 4.54. The molecule has 1 heterocycles. The molecule has 0 saturated carbocycles. The van der Waals surface area contributed by atoms with E-state index < -0.39 is 0 Å². The highest BCUT2D eigenvalue weighted by molar-refractivity contribution is 5.78. The first-order valence-corrected chi connectivity index (χ1v) is 9.03. The summed E-state index contributed by atoms with van der Waals surface area (Å²) >= 11 is 0. The number of ether oxygens (including phenoxy) is 2. The van der Waals surface area contributed by atoms with Crippen LogP contribution in [0.25, 0.3) is 0 Å². The van der Waals surface area contributed by atoms with Crippen molar-refractivity contribution >= 4 is 11.6 Å². The first-order chi connectivity index (χ1) is 12.6. The minimum absolute atomic E-state index is 0.0132. The standard InChI is InChI=1S/C21H26N2O3/c1-16-3-9-20(10-4-16)26-15-21(24)22-17(2)18-5-7-19(8-6-18)23-11-13-25-14-12-23/h3-10,17H,11-15H2,1-2H3,(H,22,24)/t17-/m0/s1. The van der Waals surface area contributed by atoms with Crippen molar-refractivity contribution in [2.24, 2.45) is 0 Å². The number of carbonyl (C=O) groups is 1. The molecule has 2 aromatic carbocycles. The van der Waals surface area contributed by atoms with Crippen molar-refractivity contribution in [3.8, 4) is 5.75 Å². The second-order valence-electron chi connectivity index (χ2n) is 6.58. The van der Waals surface area contributed by atoms with E-state index in [0.717, 1.165) is 37.4 Å². The van der Waals surface area contributed by atoms with Crippen molar-refractivity contribution in [2.45, 2.75) is 19.9 Å². The lowest BCUT2D eigenvalue weighted by molar-refractivity contribution is -0.123. The van der Waals surface area contributed by atoms with Crippen LogP contribution in [0.15, 0.2) is 48.5 Å². The highest BCUT2D eigenvalue weighted by Gasteiger charge is 2.13. The smallest absolute Gasteiger partial charge is 0.258 e. The summed E-state index contributed by atoms with van der Waals surface area (Å²) in [6.07, 6.45) is 0. The van der Waals surface area contributed by atoms with Crippen molar-refractivity contribution in [2.75, 3.05) is 37.8 Å². The van der Waals surface area contributed by atoms with Crippen LogP contribution in [0.2, 0.25) is 0 Å². The molecule has 1 aliphatic rings. The maximum Gasteiger partial charge on any atom is 0.258 e. The van der Waals surface area contributed by atoms with Gasteiger partial charge >= 0.3 is 0 Å². The second kappa shape index (κ2) is 8.72. The molecular weight excluding hydrogens is 328 g/mol. The van der Waals surface area contributed by atoms with Crippen molar-refractivity contribution < 1.29 is 14.3 Å². The van der Waals surface area contributed by atoms with Gasteiger partial charge < -0.3 is 19.7 Å². The van der Waals surface area contributed by atoms with E-state index in [1.165, 1.54) is 5.69 Å². The molecule has 1 fully saturated rings. The summed E-state index contributed by atoms with van der Waals surface area (Å²) in [5.74, 6) is 0.573. The van der Waals surface area contributed by atoms with E-state index in [1.54, 1.807) is 0 Å². The molecule has 0 spiro atoms. The number of amides is 1. The summed E-state index contributed by atoms with van der Waals surface area (Å²) in [5, 5.41) is 2.98. The largest absolute Gasteiger partial charge is 0.484 e. The Bertz CT molecular complexity index is 707. The van der Waals surface area contributed by atoms with Crippen LogP contribution < -0.4 is 15.0 Å². The van der Waals surface area contributed by atoms with Crippen LogP contribution in [0.1, 0.15) is 24.1 Å². The summed E-state index contributed by atoms with van der Waals surface area (Å²) in [6.45, 7) is 7.39. The van der Waals surface area contributed by atoms with Gasteiger partial charge in [0, 0.05) is 18.8 Å². The van der Waals surface area contributed by atoms with Crippen molar-refractivity contribution in [1.29, 1.82) is 0 Å². The van der Waals surface area contributed by atoms with Gasteiger partial charge in [-0.2, -0.15) is 0 Å². The number of anilines is 1. The van der Waals surface area contributed by atoms with Crippen LogP contribution in [0, 0.1) is 6.92 Å². The number of hydrogen-bond acceptors (Lipinski definition) is 4. The van der Waals surface area contributed by atoms with Crippen molar-refractivity contribution in [1.82, 2.24) is 5.32 Å². The van der Waals surface area contributed by atoms with Gasteiger partial charge in [-0.1, -0.05) is 29.8 Å². The lowest BCUT2D eigenvalue weighted by Gasteiger charge is -2.29. The van der Waals surface area contributed by atoms with E-state index in [0.29, 0.717) is 5.75 Å². The summed E-state index contributed by atoms with van der Waals surface area (Å²) in [4.78, 5) is 14.4. The van der Waals surface area contributed by atoms with Crippen LogP contribution in [-0.2, 0) is 9.53 Å². The Balaban J connectivity index is 1.49. The number of rotatable bonds is 6. The molecule has 0 radical (unpaired) electrons. The van der Waals surface area contributed by atoms with Gasteiger partial charge in [-0.3, -0.25) is 4.79 Å². The molecule has 5 heteroatoms. The summed E-state index contributed by atoms with van der Waals surface area (Å²) in [7, 11) is 0. The Kier molecular flexibility index (Phi) is 6.12. The van der Waals surface area contributed by atoms with Crippen molar-refractivity contribution in [3.63, 3.8) is 0 Å². The fourth-order valence-corrected chi connectivity index (χ4v) is 2.95. The van der Waals surface area contributed by atoms with E-state index in [2.05, 4.69) is 34.5 Å². The van der Waals surface area contributed by atoms with Gasteiger partial charge in [0.2, 0.25) is 0 Å². The molecule has 0 aliphatic carbocycles. The molecule has 1 N–H and O–H groups in total. The average Bonchev–Trinajstić information content (AvgIpc) is 2.68. The van der Waals surface area contributed by atoms with Gasteiger partial charge in [0.15, 0.2) is 6.61 Å². The second-order valence-corrected chi connectivity index (χ2v) is 6.58. The maximum atomic E-state index is 12.1. The monoisotopic (exact) mass is 354 g/mol. The molecule has 3 rings (SSSR count). The molecule has 5 nitrogen and oxygen atoms in total. The van der Waals surface area contributed by atoms with Gasteiger partial charge in [0.05, 0.1) is 19.3 Å². The number of carbonyl (C=O) groups excluding carboxylic acids is 1. The maximum absolute atomic E-state index is 12.1. The van der Waals surface area contributed by atoms with E-state index >= 15 is 0 Å². The predicted molar refractivity (Wildman–Crippen MR) is 103 cm³/mol. The molecule has 0 aromatic heterocycles. The summed E-state index contributed by atoms with van der Waals surface area (Å²) < 4.78 is 10.9. The van der Waals surface area contributed by atoms with E-state index in [1.807, 2.05) is 38.1 Å². The molecule has 1 amide bonds. The number of morpholine rings is 1. The number of nitrogens with one attached hydrogen (secondary N) is 1. The molecule has 1 atom stereocenters. The first kappa shape index (κ1) is 18.3. The Morgan fingerprint density at radius 1 is 1.12 bits per heavy atom. The summed E-state index contributed by atoms with van der Waals surface area (Å²) in [5.41, 5.74) is 3.43. The predicted octanol–water partition coefficient (Wildman–Crippen LogP) is 3.09. The number of hydrogen-bond donors (Lipinski definition) is 1. The minimum Gasteiger partial charge on any atom is -0.484 e. The lowest BCUT2D eigenvalue weighted by Crippen LogP contribution is -2.36. The SMILES string of the molecule is Cc1ccc(OCC(=O)N[C@@H](C)c2ccc(N3CCOCC3)cc2)cc1. The van der Waals surface area contributed by atoms with Crippen LogP contribution in [0.4, 0.5) is 5.69 Å². The quantitative estimate of drug-likeness (QED) is 0.866. The Morgan fingerprint density at radius 3 is 2.42 bits per heavy atom. The van der Waals surface area contributed by atoms with E-state index in [-0.39, 0.29) is 18.6 Å². The molecule has 0 unspecified atom stereocenters. The zero-order valence-corrected chi connectivity index (χ0v) is 15.4. The van der Waals surface area contributed by atoms with Gasteiger partial charge in [0.25, 0.3) is 5.91 Å². The highest BCUT2D eigenvalue weighted by atomic mass is 16.5. The first-order valence-electron chi connectivity index (χ1n) is 9.03. The van der Waals surface area contributed by atoms with Crippen molar-refractivity contribution in [3.05, 3.63) is 59.7 Å². The van der Waals surface area contributed by atoms with Gasteiger partial charge in [-0.25, -0.2) is 0 Å². The Labute approximate surface area is 154 Å². The van der Waals surface area contributed by atoms with E-state index in [4.69, 9.17) is 9.47 Å². The zero-order valence-electron chi connectivity index (χ0n) is 15.4. The number of nitrogens with zero attached hydrogens (tertiary/aromatic N) is 1. The highest BCUT2D eigenvalue weighted by Crippen LogP contribution is 2.20. The summed E-state index contributed by atoms with van der Waals surface area (Å²) in [6, 6.07) is 15.9. The fraction of sp³-hybridized carbons (Fsp3) is 0.381.